The lowest BCUT2D eigenvalue weighted by molar-refractivity contribution is 0.685. The molecule has 0 bridgehead atoms. The standard InChI is InChI=1S/C14H14N4S/c1-2-4-14(16-7-12-5-6-19-9-12)13(3-1)8-18-11-15-10-17-18/h1-6,9-11,16H,7-8H2. The molecule has 0 spiro atoms. The summed E-state index contributed by atoms with van der Waals surface area (Å²) < 4.78 is 1.82. The van der Waals surface area contributed by atoms with E-state index in [0.29, 0.717) is 0 Å². The van der Waals surface area contributed by atoms with Gasteiger partial charge < -0.3 is 5.32 Å². The van der Waals surface area contributed by atoms with Crippen LogP contribution in [0.1, 0.15) is 11.1 Å². The molecular weight excluding hydrogens is 256 g/mol. The minimum Gasteiger partial charge on any atom is -0.381 e. The smallest absolute Gasteiger partial charge is 0.137 e. The largest absolute Gasteiger partial charge is 0.381 e. The highest BCUT2D eigenvalue weighted by Gasteiger charge is 2.03. The summed E-state index contributed by atoms with van der Waals surface area (Å²) in [6.45, 7) is 1.57. The van der Waals surface area contributed by atoms with Gasteiger partial charge in [0, 0.05) is 12.2 Å². The number of nitrogens with one attached hydrogen (secondary N) is 1. The average molecular weight is 270 g/mol. The molecule has 4 nitrogen and oxygen atoms in total. The van der Waals surface area contributed by atoms with E-state index in [-0.39, 0.29) is 0 Å². The van der Waals surface area contributed by atoms with Crippen LogP contribution in [0.4, 0.5) is 5.69 Å². The summed E-state index contributed by atoms with van der Waals surface area (Å²) >= 11 is 1.72. The molecule has 0 saturated carbocycles. The van der Waals surface area contributed by atoms with E-state index in [1.165, 1.54) is 11.1 Å². The zero-order valence-corrected chi connectivity index (χ0v) is 11.2. The summed E-state index contributed by atoms with van der Waals surface area (Å²) in [6, 6.07) is 10.4. The molecular formula is C14H14N4S. The Labute approximate surface area is 115 Å². The first-order chi connectivity index (χ1) is 9.42. The van der Waals surface area contributed by atoms with Crippen LogP contribution >= 0.6 is 11.3 Å². The van der Waals surface area contributed by atoms with Gasteiger partial charge in [-0.25, -0.2) is 9.67 Å². The van der Waals surface area contributed by atoms with Crippen molar-refractivity contribution in [1.29, 1.82) is 0 Å². The molecule has 0 atom stereocenters. The highest BCUT2D eigenvalue weighted by molar-refractivity contribution is 7.07. The molecule has 0 aliphatic rings. The molecule has 3 aromatic rings. The third kappa shape index (κ3) is 3.00. The number of anilines is 1. The topological polar surface area (TPSA) is 42.7 Å². The Balaban J connectivity index is 1.73. The second-order valence-corrected chi connectivity index (χ2v) is 5.02. The van der Waals surface area contributed by atoms with E-state index in [9.17, 15) is 0 Å². The van der Waals surface area contributed by atoms with Gasteiger partial charge in [-0.2, -0.15) is 16.4 Å². The first kappa shape index (κ1) is 11.9. The number of thiophene rings is 1. The highest BCUT2D eigenvalue weighted by Crippen LogP contribution is 2.17. The molecule has 96 valence electrons. The Morgan fingerprint density at radius 1 is 1.21 bits per heavy atom. The van der Waals surface area contributed by atoms with Gasteiger partial charge in [-0.15, -0.1) is 0 Å². The van der Waals surface area contributed by atoms with Gasteiger partial charge in [0.15, 0.2) is 0 Å². The van der Waals surface area contributed by atoms with Crippen LogP contribution in [0.3, 0.4) is 0 Å². The Kier molecular flexibility index (Phi) is 3.56. The second-order valence-electron chi connectivity index (χ2n) is 4.24. The van der Waals surface area contributed by atoms with Crippen molar-refractivity contribution in [3.63, 3.8) is 0 Å². The quantitative estimate of drug-likeness (QED) is 0.775. The zero-order valence-electron chi connectivity index (χ0n) is 10.4. The average Bonchev–Trinajstić information content (AvgIpc) is 3.10. The molecule has 0 aliphatic carbocycles. The summed E-state index contributed by atoms with van der Waals surface area (Å²) in [5.41, 5.74) is 3.66. The van der Waals surface area contributed by atoms with Crippen molar-refractivity contribution < 1.29 is 0 Å². The van der Waals surface area contributed by atoms with Gasteiger partial charge in [-0.05, 0) is 34.0 Å². The molecule has 19 heavy (non-hydrogen) atoms. The lowest BCUT2D eigenvalue weighted by atomic mass is 10.1. The van der Waals surface area contributed by atoms with E-state index in [4.69, 9.17) is 0 Å². The number of benzene rings is 1. The third-order valence-electron chi connectivity index (χ3n) is 2.88. The maximum atomic E-state index is 4.14. The molecule has 5 heteroatoms. The first-order valence-corrected chi connectivity index (χ1v) is 7.01. The van der Waals surface area contributed by atoms with Crippen LogP contribution in [-0.4, -0.2) is 14.8 Å². The van der Waals surface area contributed by atoms with Crippen molar-refractivity contribution in [2.45, 2.75) is 13.1 Å². The summed E-state index contributed by atoms with van der Waals surface area (Å²) in [5, 5.41) is 11.9. The molecule has 0 saturated heterocycles. The SMILES string of the molecule is c1ccc(NCc2ccsc2)c(Cn2cncn2)c1. The van der Waals surface area contributed by atoms with Crippen LogP contribution in [-0.2, 0) is 13.1 Å². The third-order valence-corrected chi connectivity index (χ3v) is 3.61. The molecule has 2 heterocycles. The van der Waals surface area contributed by atoms with Gasteiger partial charge in [0.1, 0.15) is 12.7 Å². The predicted molar refractivity (Wildman–Crippen MR) is 77.2 cm³/mol. The molecule has 0 amide bonds. The number of aromatic nitrogens is 3. The van der Waals surface area contributed by atoms with Crippen molar-refractivity contribution in [1.82, 2.24) is 14.8 Å². The van der Waals surface area contributed by atoms with Crippen molar-refractivity contribution >= 4 is 17.0 Å². The van der Waals surface area contributed by atoms with Gasteiger partial charge in [0.25, 0.3) is 0 Å². The van der Waals surface area contributed by atoms with E-state index in [0.717, 1.165) is 18.8 Å². The Hall–Kier alpha value is -2.14. The van der Waals surface area contributed by atoms with Crippen LogP contribution in [0.2, 0.25) is 0 Å². The fourth-order valence-electron chi connectivity index (χ4n) is 1.91. The van der Waals surface area contributed by atoms with Crippen LogP contribution < -0.4 is 5.32 Å². The van der Waals surface area contributed by atoms with E-state index < -0.39 is 0 Å². The number of rotatable bonds is 5. The summed E-state index contributed by atoms with van der Waals surface area (Å²) in [4.78, 5) is 3.97. The minimum atomic E-state index is 0.729. The van der Waals surface area contributed by atoms with Crippen molar-refractivity contribution in [3.05, 3.63) is 64.9 Å². The highest BCUT2D eigenvalue weighted by atomic mass is 32.1. The van der Waals surface area contributed by atoms with Gasteiger partial charge in [-0.1, -0.05) is 18.2 Å². The zero-order chi connectivity index (χ0) is 12.9. The molecule has 0 fully saturated rings. The summed E-state index contributed by atoms with van der Waals surface area (Å²) in [6.07, 6.45) is 3.29. The molecule has 1 N–H and O–H groups in total. The molecule has 0 unspecified atom stereocenters. The maximum Gasteiger partial charge on any atom is 0.137 e. The van der Waals surface area contributed by atoms with Crippen molar-refractivity contribution in [2.75, 3.05) is 5.32 Å². The number of hydrogen-bond donors (Lipinski definition) is 1. The Morgan fingerprint density at radius 3 is 2.95 bits per heavy atom. The van der Waals surface area contributed by atoms with E-state index >= 15 is 0 Å². The Morgan fingerprint density at radius 2 is 2.16 bits per heavy atom. The summed E-state index contributed by atoms with van der Waals surface area (Å²) in [7, 11) is 0. The molecule has 1 aromatic carbocycles. The molecule has 0 radical (unpaired) electrons. The fraction of sp³-hybridized carbons (Fsp3) is 0.143. The van der Waals surface area contributed by atoms with Crippen LogP contribution in [0, 0.1) is 0 Å². The lowest BCUT2D eigenvalue weighted by Crippen LogP contribution is -2.06. The summed E-state index contributed by atoms with van der Waals surface area (Å²) in [5.74, 6) is 0. The van der Waals surface area contributed by atoms with Gasteiger partial charge in [-0.3, -0.25) is 0 Å². The first-order valence-electron chi connectivity index (χ1n) is 6.07. The van der Waals surface area contributed by atoms with E-state index in [2.05, 4.69) is 44.4 Å². The number of hydrogen-bond acceptors (Lipinski definition) is 4. The fourth-order valence-corrected chi connectivity index (χ4v) is 2.58. The van der Waals surface area contributed by atoms with Crippen molar-refractivity contribution in [3.8, 4) is 0 Å². The molecule has 3 rings (SSSR count). The van der Waals surface area contributed by atoms with Crippen molar-refractivity contribution in [2.24, 2.45) is 0 Å². The van der Waals surface area contributed by atoms with Crippen LogP contribution in [0.25, 0.3) is 0 Å². The van der Waals surface area contributed by atoms with Gasteiger partial charge >= 0.3 is 0 Å². The number of nitrogens with zero attached hydrogens (tertiary/aromatic N) is 3. The number of para-hydroxylation sites is 1. The minimum absolute atomic E-state index is 0.729. The van der Waals surface area contributed by atoms with E-state index in [1.807, 2.05) is 16.8 Å². The van der Waals surface area contributed by atoms with Crippen LogP contribution in [0.15, 0.2) is 53.7 Å². The monoisotopic (exact) mass is 270 g/mol. The predicted octanol–water partition coefficient (Wildman–Crippen LogP) is 3.00. The normalized spacial score (nSPS) is 10.5. The van der Waals surface area contributed by atoms with Gasteiger partial charge in [0.2, 0.25) is 0 Å². The molecule has 0 aliphatic heterocycles. The van der Waals surface area contributed by atoms with Gasteiger partial charge in [0.05, 0.1) is 6.54 Å². The molecule has 2 aromatic heterocycles. The Bertz CT molecular complexity index is 617. The second kappa shape index (κ2) is 5.67. The van der Waals surface area contributed by atoms with Crippen LogP contribution in [0.5, 0.6) is 0 Å². The lowest BCUT2D eigenvalue weighted by Gasteiger charge is -2.11. The van der Waals surface area contributed by atoms with E-state index in [1.54, 1.807) is 24.0 Å². The maximum absolute atomic E-state index is 4.14.